The monoisotopic (exact) mass is 537 g/mol. The van der Waals surface area contributed by atoms with Gasteiger partial charge >= 0.3 is 0 Å². The van der Waals surface area contributed by atoms with E-state index in [2.05, 4.69) is 24.4 Å². The molecule has 8 heteroatoms. The van der Waals surface area contributed by atoms with Gasteiger partial charge in [0.25, 0.3) is 0 Å². The van der Waals surface area contributed by atoms with Gasteiger partial charge in [0, 0.05) is 30.1 Å². The molecule has 0 amide bonds. The van der Waals surface area contributed by atoms with Crippen LogP contribution in [0.3, 0.4) is 0 Å². The van der Waals surface area contributed by atoms with Gasteiger partial charge < -0.3 is 10.1 Å². The zero-order chi connectivity index (χ0) is 26.9. The number of ketones is 1. The Labute approximate surface area is 227 Å². The molecular formula is C30H39N3O4S. The number of benzene rings is 2. The van der Waals surface area contributed by atoms with Gasteiger partial charge in [-0.2, -0.15) is 15.7 Å². The van der Waals surface area contributed by atoms with E-state index < -0.39 is 10.6 Å². The number of rotatable bonds is 9. The third-order valence-electron chi connectivity index (χ3n) is 7.80. The Morgan fingerprint density at radius 3 is 2.68 bits per heavy atom. The highest BCUT2D eigenvalue weighted by Crippen LogP contribution is 2.60. The van der Waals surface area contributed by atoms with Crippen molar-refractivity contribution in [3.63, 3.8) is 0 Å². The Hall–Kier alpha value is -2.49. The van der Waals surface area contributed by atoms with E-state index in [1.807, 2.05) is 42.8 Å². The van der Waals surface area contributed by atoms with Crippen LogP contribution in [0, 0.1) is 12.8 Å². The molecule has 3 aromatic rings. The van der Waals surface area contributed by atoms with Crippen LogP contribution >= 0.6 is 10.6 Å². The van der Waals surface area contributed by atoms with Crippen LogP contribution in [0.4, 0.5) is 0 Å². The van der Waals surface area contributed by atoms with Crippen LogP contribution in [-0.4, -0.2) is 50.5 Å². The molecule has 1 aromatic heterocycles. The van der Waals surface area contributed by atoms with Crippen molar-refractivity contribution >= 4 is 16.4 Å². The van der Waals surface area contributed by atoms with Crippen LogP contribution in [0.2, 0.25) is 0 Å². The lowest BCUT2D eigenvalue weighted by atomic mass is 9.90. The van der Waals surface area contributed by atoms with Crippen LogP contribution in [0.5, 0.6) is 0 Å². The molecule has 2 aliphatic rings. The van der Waals surface area contributed by atoms with Crippen molar-refractivity contribution in [2.24, 2.45) is 5.92 Å². The number of unbranched alkanes of at least 4 members (excludes halogenated alkanes) is 1. The van der Waals surface area contributed by atoms with Crippen molar-refractivity contribution in [1.82, 2.24) is 15.1 Å². The topological polar surface area (TPSA) is 96.6 Å². The van der Waals surface area contributed by atoms with E-state index in [0.29, 0.717) is 16.2 Å². The molecule has 3 N–H and O–H groups in total. The fraction of sp³-hybridized carbons (Fsp3) is 0.467. The molecule has 2 aliphatic heterocycles. The molecule has 0 spiro atoms. The van der Waals surface area contributed by atoms with Crippen molar-refractivity contribution in [2.45, 2.75) is 69.6 Å². The number of aromatic nitrogens is 2. The number of hydrogen-bond donors (Lipinski definition) is 3. The van der Waals surface area contributed by atoms with E-state index in [0.717, 1.165) is 74.3 Å². The molecule has 204 valence electrons. The van der Waals surface area contributed by atoms with Gasteiger partial charge in [-0.15, -0.1) is 0 Å². The predicted octanol–water partition coefficient (Wildman–Crippen LogP) is 6.40. The summed E-state index contributed by atoms with van der Waals surface area (Å²) in [7, 11) is -3.10. The smallest absolute Gasteiger partial charge is 0.186 e. The summed E-state index contributed by atoms with van der Waals surface area (Å²) in [6, 6.07) is 13.9. The average molecular weight is 538 g/mol. The summed E-state index contributed by atoms with van der Waals surface area (Å²) < 4.78 is 30.1. The summed E-state index contributed by atoms with van der Waals surface area (Å²) in [5.74, 6) is -0.121. The number of Topliss-reactive ketones (excluding diaryl/α,β-unsaturated/α-hetero) is 1. The first-order chi connectivity index (χ1) is 18.3. The molecule has 1 fully saturated rings. The number of aryl methyl sites for hydroxylation is 1. The number of carbonyl (C=O) groups is 1. The van der Waals surface area contributed by atoms with Crippen LogP contribution in [0.25, 0.3) is 16.9 Å². The summed E-state index contributed by atoms with van der Waals surface area (Å²) in [5.41, 5.74) is 5.55. The summed E-state index contributed by atoms with van der Waals surface area (Å²) in [6.07, 6.45) is 4.53. The van der Waals surface area contributed by atoms with E-state index in [9.17, 15) is 13.9 Å². The van der Waals surface area contributed by atoms with Crippen molar-refractivity contribution in [1.29, 1.82) is 0 Å². The number of morpholine rings is 1. The molecule has 2 unspecified atom stereocenters. The lowest BCUT2D eigenvalue weighted by Gasteiger charge is -2.38. The van der Waals surface area contributed by atoms with Crippen LogP contribution < -0.4 is 5.32 Å². The molecule has 0 bridgehead atoms. The summed E-state index contributed by atoms with van der Waals surface area (Å²) in [5, 5.41) is 8.29. The number of carbonyl (C=O) groups excluding carboxylic acids is 1. The van der Waals surface area contributed by atoms with E-state index in [1.54, 1.807) is 6.07 Å². The second-order valence-corrected chi connectivity index (χ2v) is 12.6. The van der Waals surface area contributed by atoms with Gasteiger partial charge in [-0.1, -0.05) is 51.0 Å². The van der Waals surface area contributed by atoms with Crippen molar-refractivity contribution in [3.05, 3.63) is 64.8 Å². The third kappa shape index (κ3) is 5.20. The number of fused-ring (bicyclic) bond motifs is 3. The fourth-order valence-electron chi connectivity index (χ4n) is 5.68. The fourth-order valence-corrected chi connectivity index (χ4v) is 7.39. The highest BCUT2D eigenvalue weighted by Gasteiger charge is 2.38. The van der Waals surface area contributed by atoms with Gasteiger partial charge in [-0.25, -0.2) is 4.68 Å². The molecule has 1 saturated heterocycles. The van der Waals surface area contributed by atoms with Gasteiger partial charge in [0.1, 0.15) is 5.69 Å². The first-order valence-corrected chi connectivity index (χ1v) is 15.5. The molecule has 2 aromatic carbocycles. The van der Waals surface area contributed by atoms with E-state index in [4.69, 9.17) is 9.84 Å². The summed E-state index contributed by atoms with van der Waals surface area (Å²) in [6.45, 7) is 8.61. The van der Waals surface area contributed by atoms with E-state index in [1.165, 1.54) is 5.56 Å². The average Bonchev–Trinajstić information content (AvgIpc) is 3.28. The minimum absolute atomic E-state index is 0.00162. The molecule has 7 nitrogen and oxygen atoms in total. The molecular weight excluding hydrogens is 498 g/mol. The quantitative estimate of drug-likeness (QED) is 0.273. The first kappa shape index (κ1) is 27.1. The van der Waals surface area contributed by atoms with Gasteiger partial charge in [0.15, 0.2) is 5.78 Å². The first-order valence-electron chi connectivity index (χ1n) is 13.8. The molecule has 2 atom stereocenters. The largest absolute Gasteiger partial charge is 0.375 e. The Morgan fingerprint density at radius 2 is 2.00 bits per heavy atom. The third-order valence-corrected chi connectivity index (χ3v) is 9.54. The number of nitrogens with zero attached hydrogens (tertiary/aromatic N) is 2. The highest BCUT2D eigenvalue weighted by atomic mass is 32.3. The molecule has 3 heterocycles. The Morgan fingerprint density at radius 1 is 1.21 bits per heavy atom. The maximum absolute atomic E-state index is 13.8. The maximum atomic E-state index is 13.8. The molecule has 0 radical (unpaired) electrons. The zero-order valence-corrected chi connectivity index (χ0v) is 23.4. The van der Waals surface area contributed by atoms with Gasteiger partial charge in [0.05, 0.1) is 34.7 Å². The molecule has 0 aliphatic carbocycles. The summed E-state index contributed by atoms with van der Waals surface area (Å²) >= 11 is 0. The Kier molecular flexibility index (Phi) is 8.07. The minimum atomic E-state index is -3.10. The lowest BCUT2D eigenvalue weighted by molar-refractivity contribution is 0.0292. The predicted molar refractivity (Wildman–Crippen MR) is 153 cm³/mol. The van der Waals surface area contributed by atoms with Gasteiger partial charge in [-0.05, 0) is 55.5 Å². The standard InChI is InChI=1S/C30H39N3O4S/c1-4-6-9-22(5-2)30(34)28-25-19-38(35,36)26-10-7-8-20(3)27(26)29(25)33(32-28)23-13-11-21(12-14-23)17-24-18-31-15-16-37-24/h7-8,10-14,22,24,31,35-36H,4-6,9,15-19H2,1-3H3. The molecule has 5 rings (SSSR count). The maximum Gasteiger partial charge on any atom is 0.186 e. The van der Waals surface area contributed by atoms with Crippen LogP contribution in [0.1, 0.15) is 66.7 Å². The summed E-state index contributed by atoms with van der Waals surface area (Å²) in [4.78, 5) is 14.4. The second-order valence-electron chi connectivity index (χ2n) is 10.5. The number of nitrogens with one attached hydrogen (secondary N) is 1. The normalized spacial score (nSPS) is 19.9. The van der Waals surface area contributed by atoms with Crippen molar-refractivity contribution < 1.29 is 18.6 Å². The highest BCUT2D eigenvalue weighted by molar-refractivity contribution is 8.23. The lowest BCUT2D eigenvalue weighted by Crippen LogP contribution is -2.39. The minimum Gasteiger partial charge on any atom is -0.375 e. The zero-order valence-electron chi connectivity index (χ0n) is 22.6. The van der Waals surface area contributed by atoms with Crippen molar-refractivity contribution in [3.8, 4) is 16.9 Å². The Bertz CT molecular complexity index is 1300. The van der Waals surface area contributed by atoms with Crippen LogP contribution in [-0.2, 0) is 16.9 Å². The number of ether oxygens (including phenoxy) is 1. The van der Waals surface area contributed by atoms with E-state index >= 15 is 0 Å². The van der Waals surface area contributed by atoms with E-state index in [-0.39, 0.29) is 23.6 Å². The molecule has 0 saturated carbocycles. The Balaban J connectivity index is 1.60. The van der Waals surface area contributed by atoms with Gasteiger partial charge in [0.2, 0.25) is 0 Å². The number of hydrogen-bond acceptors (Lipinski definition) is 6. The second kappa shape index (κ2) is 11.3. The van der Waals surface area contributed by atoms with Gasteiger partial charge in [-0.3, -0.25) is 13.9 Å². The van der Waals surface area contributed by atoms with Crippen molar-refractivity contribution in [2.75, 3.05) is 19.7 Å². The molecule has 38 heavy (non-hydrogen) atoms. The SMILES string of the molecule is CCCCC(CC)C(=O)c1nn(-c2ccc(CC3CNCCO3)cc2)c2c1CS(O)(O)c1cccc(C)c1-2. The van der Waals surface area contributed by atoms with Crippen LogP contribution in [0.15, 0.2) is 47.4 Å².